The highest BCUT2D eigenvalue weighted by Crippen LogP contribution is 2.26. The number of rotatable bonds is 10. The van der Waals surface area contributed by atoms with E-state index in [9.17, 15) is 9.18 Å². The monoisotopic (exact) mass is 428 g/mol. The molecule has 0 aliphatic heterocycles. The van der Waals surface area contributed by atoms with Crippen molar-refractivity contribution in [3.05, 3.63) is 59.4 Å². The van der Waals surface area contributed by atoms with E-state index in [2.05, 4.69) is 29.2 Å². The van der Waals surface area contributed by atoms with E-state index in [1.807, 2.05) is 24.4 Å². The number of halogens is 1. The number of benzene rings is 1. The van der Waals surface area contributed by atoms with Crippen molar-refractivity contribution >= 4 is 17.2 Å². The van der Waals surface area contributed by atoms with Gasteiger partial charge in [0.05, 0.1) is 10.6 Å². The summed E-state index contributed by atoms with van der Waals surface area (Å²) in [6.45, 7) is 9.47. The van der Waals surface area contributed by atoms with Gasteiger partial charge in [0.2, 0.25) is 0 Å². The largest absolute Gasteiger partial charge is 0.348 e. The Morgan fingerprint density at radius 2 is 1.97 bits per heavy atom. The summed E-state index contributed by atoms with van der Waals surface area (Å²) in [6, 6.07) is 11.8. The number of hydrogen-bond acceptors (Lipinski definition) is 4. The van der Waals surface area contributed by atoms with Crippen LogP contribution in [0.2, 0.25) is 0 Å². The first-order valence-electron chi connectivity index (χ1n) is 10.4. The predicted octanol–water partition coefficient (Wildman–Crippen LogP) is 4.98. The molecule has 5 nitrogen and oxygen atoms in total. The van der Waals surface area contributed by atoms with Gasteiger partial charge in [-0.15, -0.1) is 11.3 Å². The second kappa shape index (κ2) is 10.5. The molecule has 160 valence electrons. The van der Waals surface area contributed by atoms with Crippen LogP contribution in [0, 0.1) is 5.82 Å². The molecule has 0 saturated carbocycles. The Hall–Kier alpha value is -2.51. The molecule has 1 unspecified atom stereocenters. The zero-order chi connectivity index (χ0) is 21.5. The van der Waals surface area contributed by atoms with Gasteiger partial charge < -0.3 is 10.2 Å². The summed E-state index contributed by atoms with van der Waals surface area (Å²) in [5.41, 5.74) is 1.83. The third kappa shape index (κ3) is 5.55. The maximum atomic E-state index is 13.4. The highest BCUT2D eigenvalue weighted by atomic mass is 32.1. The Labute approximate surface area is 181 Å². The molecule has 1 amide bonds. The molecule has 1 aromatic carbocycles. The highest BCUT2D eigenvalue weighted by Gasteiger charge is 2.19. The van der Waals surface area contributed by atoms with E-state index in [1.165, 1.54) is 12.1 Å². The SMILES string of the molecule is CCN(CC)CCCC(C)NC(=O)c1cc(-c2cccs2)nn1-c1ccc(F)cc1. The molecule has 3 aromatic rings. The summed E-state index contributed by atoms with van der Waals surface area (Å²) < 4.78 is 15.0. The van der Waals surface area contributed by atoms with Gasteiger partial charge in [-0.25, -0.2) is 9.07 Å². The third-order valence-corrected chi connectivity index (χ3v) is 6.06. The molecule has 2 heterocycles. The van der Waals surface area contributed by atoms with Crippen molar-refractivity contribution < 1.29 is 9.18 Å². The van der Waals surface area contributed by atoms with Crippen molar-refractivity contribution in [2.75, 3.05) is 19.6 Å². The molecule has 30 heavy (non-hydrogen) atoms. The second-order valence-corrected chi connectivity index (χ2v) is 8.27. The van der Waals surface area contributed by atoms with Crippen LogP contribution in [0.3, 0.4) is 0 Å². The first-order valence-corrected chi connectivity index (χ1v) is 11.3. The number of amides is 1. The number of carbonyl (C=O) groups excluding carboxylic acids is 1. The fourth-order valence-corrected chi connectivity index (χ4v) is 4.08. The number of hydrogen-bond donors (Lipinski definition) is 1. The zero-order valence-corrected chi connectivity index (χ0v) is 18.6. The van der Waals surface area contributed by atoms with Crippen LogP contribution in [0.25, 0.3) is 16.3 Å². The molecule has 1 atom stereocenters. The summed E-state index contributed by atoms with van der Waals surface area (Å²) in [7, 11) is 0. The third-order valence-electron chi connectivity index (χ3n) is 5.17. The molecule has 0 aliphatic carbocycles. The van der Waals surface area contributed by atoms with Crippen molar-refractivity contribution in [3.8, 4) is 16.3 Å². The molecule has 0 saturated heterocycles. The van der Waals surface area contributed by atoms with Gasteiger partial charge in [-0.1, -0.05) is 19.9 Å². The van der Waals surface area contributed by atoms with Crippen molar-refractivity contribution in [3.63, 3.8) is 0 Å². The quantitative estimate of drug-likeness (QED) is 0.495. The summed E-state index contributed by atoms with van der Waals surface area (Å²) in [6.07, 6.45) is 1.94. The molecular formula is C23H29FN4OS. The molecule has 2 aromatic heterocycles. The van der Waals surface area contributed by atoms with Crippen LogP contribution in [-0.2, 0) is 0 Å². The van der Waals surface area contributed by atoms with Crippen molar-refractivity contribution in [2.45, 2.75) is 39.7 Å². The maximum Gasteiger partial charge on any atom is 0.270 e. The van der Waals surface area contributed by atoms with E-state index in [4.69, 9.17) is 0 Å². The molecule has 0 radical (unpaired) electrons. The first-order chi connectivity index (χ1) is 14.5. The van der Waals surface area contributed by atoms with E-state index in [0.717, 1.165) is 43.0 Å². The number of nitrogens with one attached hydrogen (secondary N) is 1. The van der Waals surface area contributed by atoms with Gasteiger partial charge in [0.1, 0.15) is 17.2 Å². The molecule has 7 heteroatoms. The minimum atomic E-state index is -0.322. The maximum absolute atomic E-state index is 13.4. The molecule has 0 spiro atoms. The highest BCUT2D eigenvalue weighted by molar-refractivity contribution is 7.13. The van der Waals surface area contributed by atoms with Crippen LogP contribution in [0.5, 0.6) is 0 Å². The lowest BCUT2D eigenvalue weighted by atomic mass is 10.1. The molecule has 0 fully saturated rings. The number of thiophene rings is 1. The van der Waals surface area contributed by atoms with Crippen LogP contribution >= 0.6 is 11.3 Å². The summed E-state index contributed by atoms with van der Waals surface area (Å²) in [5, 5.41) is 9.70. The van der Waals surface area contributed by atoms with Crippen LogP contribution in [0.1, 0.15) is 44.1 Å². The van der Waals surface area contributed by atoms with Crippen molar-refractivity contribution in [1.82, 2.24) is 20.0 Å². The average molecular weight is 429 g/mol. The van der Waals surface area contributed by atoms with E-state index >= 15 is 0 Å². The van der Waals surface area contributed by atoms with Crippen LogP contribution in [0.4, 0.5) is 4.39 Å². The Morgan fingerprint density at radius 1 is 1.23 bits per heavy atom. The summed E-state index contributed by atoms with van der Waals surface area (Å²) in [4.78, 5) is 16.4. The molecular weight excluding hydrogens is 399 g/mol. The number of nitrogens with zero attached hydrogens (tertiary/aromatic N) is 3. The molecule has 1 N–H and O–H groups in total. The van der Waals surface area contributed by atoms with Crippen LogP contribution < -0.4 is 5.32 Å². The molecule has 0 bridgehead atoms. The average Bonchev–Trinajstić information content (AvgIpc) is 3.41. The van der Waals surface area contributed by atoms with Gasteiger partial charge >= 0.3 is 0 Å². The fourth-order valence-electron chi connectivity index (χ4n) is 3.40. The summed E-state index contributed by atoms with van der Waals surface area (Å²) >= 11 is 1.57. The lowest BCUT2D eigenvalue weighted by molar-refractivity contribution is 0.0929. The van der Waals surface area contributed by atoms with Gasteiger partial charge in [0, 0.05) is 6.04 Å². The summed E-state index contributed by atoms with van der Waals surface area (Å²) in [5.74, 6) is -0.498. The lowest BCUT2D eigenvalue weighted by Crippen LogP contribution is -2.34. The Bertz CT molecular complexity index is 933. The van der Waals surface area contributed by atoms with E-state index < -0.39 is 0 Å². The van der Waals surface area contributed by atoms with Gasteiger partial charge in [-0.05, 0) is 81.2 Å². The molecule has 0 aliphatic rings. The second-order valence-electron chi connectivity index (χ2n) is 7.32. The smallest absolute Gasteiger partial charge is 0.270 e. The first kappa shape index (κ1) is 22.2. The number of aromatic nitrogens is 2. The zero-order valence-electron chi connectivity index (χ0n) is 17.8. The topological polar surface area (TPSA) is 50.2 Å². The van der Waals surface area contributed by atoms with Crippen molar-refractivity contribution in [1.29, 1.82) is 0 Å². The molecule has 3 rings (SSSR count). The Kier molecular flexibility index (Phi) is 7.76. The van der Waals surface area contributed by atoms with E-state index in [0.29, 0.717) is 11.4 Å². The van der Waals surface area contributed by atoms with Gasteiger partial charge in [0.25, 0.3) is 5.91 Å². The van der Waals surface area contributed by atoms with Crippen LogP contribution in [0.15, 0.2) is 47.8 Å². The number of carbonyl (C=O) groups is 1. The van der Waals surface area contributed by atoms with E-state index in [1.54, 1.807) is 34.2 Å². The Balaban J connectivity index is 1.76. The minimum Gasteiger partial charge on any atom is -0.348 e. The van der Waals surface area contributed by atoms with Gasteiger partial charge in [-0.3, -0.25) is 4.79 Å². The Morgan fingerprint density at radius 3 is 2.60 bits per heavy atom. The van der Waals surface area contributed by atoms with Crippen molar-refractivity contribution in [2.24, 2.45) is 0 Å². The van der Waals surface area contributed by atoms with Gasteiger partial charge in [-0.2, -0.15) is 5.10 Å². The fraction of sp³-hybridized carbons (Fsp3) is 0.391. The lowest BCUT2D eigenvalue weighted by Gasteiger charge is -2.20. The van der Waals surface area contributed by atoms with Crippen LogP contribution in [-0.4, -0.2) is 46.3 Å². The van der Waals surface area contributed by atoms with Gasteiger partial charge in [0.15, 0.2) is 0 Å². The minimum absolute atomic E-state index is 0.0508. The normalized spacial score (nSPS) is 12.3. The predicted molar refractivity (Wildman–Crippen MR) is 121 cm³/mol. The van der Waals surface area contributed by atoms with E-state index in [-0.39, 0.29) is 17.8 Å². The standard InChI is InChI=1S/C23H29FN4OS/c1-4-27(5-2)14-6-8-17(3)25-23(29)21-16-20(22-9-7-15-30-22)26-28(21)19-12-10-18(24)11-13-19/h7,9-13,15-17H,4-6,8,14H2,1-3H3,(H,25,29).